The van der Waals surface area contributed by atoms with Gasteiger partial charge in [-0.1, -0.05) is 24.3 Å². The van der Waals surface area contributed by atoms with Crippen molar-refractivity contribution < 1.29 is 9.53 Å². The number of amides is 1. The molecule has 1 aliphatic heterocycles. The summed E-state index contributed by atoms with van der Waals surface area (Å²) >= 11 is 0. The van der Waals surface area contributed by atoms with E-state index in [1.54, 1.807) is 7.11 Å². The number of ether oxygens (including phenoxy) is 1. The highest BCUT2D eigenvalue weighted by Gasteiger charge is 2.26. The van der Waals surface area contributed by atoms with E-state index < -0.39 is 0 Å². The minimum atomic E-state index is -0.105. The van der Waals surface area contributed by atoms with Gasteiger partial charge in [0.2, 0.25) is 5.91 Å². The van der Waals surface area contributed by atoms with Gasteiger partial charge in [-0.05, 0) is 24.5 Å². The van der Waals surface area contributed by atoms with E-state index in [0.29, 0.717) is 13.2 Å². The van der Waals surface area contributed by atoms with Crippen LogP contribution in [0.1, 0.15) is 18.1 Å². The predicted octanol–water partition coefficient (Wildman–Crippen LogP) is 1.20. The highest BCUT2D eigenvalue weighted by molar-refractivity contribution is 5.82. The normalized spacial score (nSPS) is 17.9. The smallest absolute Gasteiger partial charge is 0.240 e. The van der Waals surface area contributed by atoms with Crippen LogP contribution in [0, 0.1) is 0 Å². The van der Waals surface area contributed by atoms with Gasteiger partial charge in [0, 0.05) is 26.7 Å². The molecule has 2 rings (SSSR count). The summed E-state index contributed by atoms with van der Waals surface area (Å²) in [6, 6.07) is 8.20. The Morgan fingerprint density at radius 3 is 2.84 bits per heavy atom. The highest BCUT2D eigenvalue weighted by atomic mass is 16.5. The van der Waals surface area contributed by atoms with Crippen molar-refractivity contribution in [1.82, 2.24) is 10.2 Å². The lowest BCUT2D eigenvalue weighted by molar-refractivity contribution is -0.134. The van der Waals surface area contributed by atoms with Gasteiger partial charge in [0.25, 0.3) is 0 Å². The number of rotatable bonds is 5. The summed E-state index contributed by atoms with van der Waals surface area (Å²) in [6.45, 7) is 4.75. The lowest BCUT2D eigenvalue weighted by Crippen LogP contribution is -2.50. The maximum Gasteiger partial charge on any atom is 0.240 e. The van der Waals surface area contributed by atoms with Crippen LogP contribution >= 0.6 is 0 Å². The predicted molar refractivity (Wildman–Crippen MR) is 74.9 cm³/mol. The van der Waals surface area contributed by atoms with Crippen LogP contribution in [0.4, 0.5) is 0 Å². The first-order valence-electron chi connectivity index (χ1n) is 6.84. The number of fused-ring (bicyclic) bond motifs is 1. The molecule has 0 bridgehead atoms. The quantitative estimate of drug-likeness (QED) is 0.867. The Morgan fingerprint density at radius 2 is 2.16 bits per heavy atom. The molecular formula is C15H22N2O2. The van der Waals surface area contributed by atoms with Crippen molar-refractivity contribution in [2.45, 2.75) is 25.9 Å². The Kier molecular flexibility index (Phi) is 4.93. The molecule has 19 heavy (non-hydrogen) atoms. The number of hydrogen-bond donors (Lipinski definition) is 1. The molecular weight excluding hydrogens is 240 g/mol. The molecule has 1 N–H and O–H groups in total. The van der Waals surface area contributed by atoms with Crippen LogP contribution in [0.15, 0.2) is 24.3 Å². The fourth-order valence-corrected chi connectivity index (χ4v) is 2.47. The molecule has 1 atom stereocenters. The van der Waals surface area contributed by atoms with Crippen LogP contribution in [-0.2, 0) is 22.5 Å². The summed E-state index contributed by atoms with van der Waals surface area (Å²) in [7, 11) is 1.66. The number of methoxy groups -OCH3 is 1. The van der Waals surface area contributed by atoms with Crippen molar-refractivity contribution in [2.75, 3.05) is 26.8 Å². The van der Waals surface area contributed by atoms with Crippen molar-refractivity contribution in [2.24, 2.45) is 0 Å². The van der Waals surface area contributed by atoms with E-state index in [1.807, 2.05) is 24.0 Å². The first-order chi connectivity index (χ1) is 9.26. The molecule has 0 saturated carbocycles. The fourth-order valence-electron chi connectivity index (χ4n) is 2.47. The van der Waals surface area contributed by atoms with Gasteiger partial charge in [-0.25, -0.2) is 0 Å². The Labute approximate surface area is 114 Å². The second-order valence-electron chi connectivity index (χ2n) is 4.82. The molecule has 0 unspecified atom stereocenters. The van der Waals surface area contributed by atoms with Crippen LogP contribution in [-0.4, -0.2) is 43.7 Å². The number of hydrogen-bond acceptors (Lipinski definition) is 3. The average Bonchev–Trinajstić information content (AvgIpc) is 2.47. The van der Waals surface area contributed by atoms with E-state index in [9.17, 15) is 4.79 Å². The largest absolute Gasteiger partial charge is 0.383 e. The topological polar surface area (TPSA) is 41.6 Å². The minimum absolute atomic E-state index is 0.105. The number of nitrogens with zero attached hydrogens (tertiary/aromatic N) is 1. The van der Waals surface area contributed by atoms with E-state index in [2.05, 4.69) is 17.4 Å². The molecule has 1 heterocycles. The Morgan fingerprint density at radius 1 is 1.42 bits per heavy atom. The molecule has 0 aliphatic carbocycles. The Hall–Kier alpha value is -1.39. The summed E-state index contributed by atoms with van der Waals surface area (Å²) < 4.78 is 5.05. The molecule has 0 saturated heterocycles. The van der Waals surface area contributed by atoms with Crippen LogP contribution in [0.2, 0.25) is 0 Å². The maximum atomic E-state index is 12.5. The third-order valence-electron chi connectivity index (χ3n) is 3.64. The summed E-state index contributed by atoms with van der Waals surface area (Å²) in [5, 5.41) is 3.33. The van der Waals surface area contributed by atoms with Crippen molar-refractivity contribution in [3.05, 3.63) is 35.4 Å². The fraction of sp³-hybridized carbons (Fsp3) is 0.533. The Bertz CT molecular complexity index is 434. The van der Waals surface area contributed by atoms with Crippen LogP contribution < -0.4 is 5.32 Å². The molecule has 4 heteroatoms. The van der Waals surface area contributed by atoms with E-state index >= 15 is 0 Å². The standard InChI is InChI=1S/C15H22N2O2/c1-3-17(8-9-19-2)15(18)14-10-12-6-4-5-7-13(12)11-16-14/h4-7,14,16H,3,8-11H2,1-2H3/t14-/m1/s1. The number of carbonyl (C=O) groups is 1. The summed E-state index contributed by atoms with van der Waals surface area (Å²) in [4.78, 5) is 14.3. The molecule has 1 aromatic rings. The van der Waals surface area contributed by atoms with Gasteiger partial charge in [-0.3, -0.25) is 4.79 Å². The number of carbonyl (C=O) groups excluding carboxylic acids is 1. The molecule has 1 aliphatic rings. The first kappa shape index (κ1) is 14.0. The third kappa shape index (κ3) is 3.33. The monoisotopic (exact) mass is 262 g/mol. The molecule has 4 nitrogen and oxygen atoms in total. The minimum Gasteiger partial charge on any atom is -0.383 e. The molecule has 104 valence electrons. The molecule has 1 amide bonds. The molecule has 0 aromatic heterocycles. The van der Waals surface area contributed by atoms with Crippen molar-refractivity contribution in [3.63, 3.8) is 0 Å². The molecule has 0 radical (unpaired) electrons. The summed E-state index contributed by atoms with van der Waals surface area (Å²) in [5.74, 6) is 0.175. The zero-order chi connectivity index (χ0) is 13.7. The maximum absolute atomic E-state index is 12.5. The molecule has 0 spiro atoms. The van der Waals surface area contributed by atoms with Gasteiger partial charge in [0.1, 0.15) is 0 Å². The van der Waals surface area contributed by atoms with Crippen LogP contribution in [0.25, 0.3) is 0 Å². The summed E-state index contributed by atoms with van der Waals surface area (Å²) in [6.07, 6.45) is 0.776. The lowest BCUT2D eigenvalue weighted by Gasteiger charge is -2.30. The van der Waals surface area contributed by atoms with Crippen molar-refractivity contribution in [3.8, 4) is 0 Å². The number of likely N-dealkylation sites (N-methyl/N-ethyl adjacent to an activating group) is 1. The first-order valence-corrected chi connectivity index (χ1v) is 6.84. The van der Waals surface area contributed by atoms with Crippen LogP contribution in [0.3, 0.4) is 0 Å². The van der Waals surface area contributed by atoms with Gasteiger partial charge in [0.15, 0.2) is 0 Å². The lowest BCUT2D eigenvalue weighted by atomic mass is 9.95. The van der Waals surface area contributed by atoms with Gasteiger partial charge >= 0.3 is 0 Å². The van der Waals surface area contributed by atoms with Gasteiger partial charge in [0.05, 0.1) is 12.6 Å². The zero-order valence-corrected chi connectivity index (χ0v) is 11.7. The molecule has 1 aromatic carbocycles. The summed E-state index contributed by atoms with van der Waals surface area (Å²) in [5.41, 5.74) is 2.58. The van der Waals surface area contributed by atoms with Crippen molar-refractivity contribution in [1.29, 1.82) is 0 Å². The van der Waals surface area contributed by atoms with Gasteiger partial charge < -0.3 is 15.0 Å². The second-order valence-corrected chi connectivity index (χ2v) is 4.82. The highest BCUT2D eigenvalue weighted by Crippen LogP contribution is 2.17. The van der Waals surface area contributed by atoms with Gasteiger partial charge in [-0.2, -0.15) is 0 Å². The zero-order valence-electron chi connectivity index (χ0n) is 11.7. The van der Waals surface area contributed by atoms with E-state index in [-0.39, 0.29) is 11.9 Å². The van der Waals surface area contributed by atoms with Crippen molar-refractivity contribution >= 4 is 5.91 Å². The van der Waals surface area contributed by atoms with E-state index in [0.717, 1.165) is 19.5 Å². The number of benzene rings is 1. The number of nitrogens with one attached hydrogen (secondary N) is 1. The van der Waals surface area contributed by atoms with E-state index in [4.69, 9.17) is 4.74 Å². The van der Waals surface area contributed by atoms with E-state index in [1.165, 1.54) is 11.1 Å². The van der Waals surface area contributed by atoms with Gasteiger partial charge in [-0.15, -0.1) is 0 Å². The SMILES string of the molecule is CCN(CCOC)C(=O)[C@H]1Cc2ccccc2CN1. The second kappa shape index (κ2) is 6.68. The molecule has 0 fully saturated rings. The van der Waals surface area contributed by atoms with Crippen LogP contribution in [0.5, 0.6) is 0 Å². The Balaban J connectivity index is 2.01. The average molecular weight is 262 g/mol. The third-order valence-corrected chi connectivity index (χ3v) is 3.64.